The van der Waals surface area contributed by atoms with Crippen molar-refractivity contribution in [2.24, 2.45) is 0 Å². The van der Waals surface area contributed by atoms with Crippen LogP contribution in [0.4, 0.5) is 0 Å². The molecule has 0 aromatic rings. The molecule has 0 N–H and O–H groups in total. The fourth-order valence-corrected chi connectivity index (χ4v) is 8.39. The van der Waals surface area contributed by atoms with Crippen molar-refractivity contribution in [3.63, 3.8) is 0 Å². The summed E-state index contributed by atoms with van der Waals surface area (Å²) in [6.45, 7) is 6.62. The lowest BCUT2D eigenvalue weighted by molar-refractivity contribution is -0.167. The quantitative estimate of drug-likeness (QED) is 0.0262. The van der Waals surface area contributed by atoms with Crippen molar-refractivity contribution in [2.75, 3.05) is 13.2 Å². The van der Waals surface area contributed by atoms with Gasteiger partial charge in [-0.2, -0.15) is 0 Å². The first-order chi connectivity index (χ1) is 33.0. The van der Waals surface area contributed by atoms with Gasteiger partial charge in [0, 0.05) is 19.3 Å². The molecule has 6 heteroatoms. The van der Waals surface area contributed by atoms with Crippen LogP contribution < -0.4 is 0 Å². The summed E-state index contributed by atoms with van der Waals surface area (Å²) < 4.78 is 16.9. The summed E-state index contributed by atoms with van der Waals surface area (Å²) in [7, 11) is 0. The van der Waals surface area contributed by atoms with Gasteiger partial charge in [-0.05, 0) is 83.5 Å². The standard InChI is InChI=1S/C61H110O6/c1-4-7-10-13-16-19-22-25-27-29-31-33-34-36-39-42-45-48-51-54-60(63)66-57-58(56-65-59(62)53-50-47-44-41-38-24-21-18-15-12-9-6-3)67-61(64)55-52-49-46-43-40-37-35-32-30-28-26-23-20-17-14-11-8-5-2/h16,19,25,27-28,30-31,33,58H,4-15,17-18,20-24,26,29,32,34-57H2,1-3H3/b19-16-,27-25-,30-28-,33-31-. The first kappa shape index (κ1) is 64.4. The number of esters is 3. The predicted octanol–water partition coefficient (Wildman–Crippen LogP) is 19.4. The van der Waals surface area contributed by atoms with Gasteiger partial charge >= 0.3 is 17.9 Å². The molecule has 0 aliphatic carbocycles. The van der Waals surface area contributed by atoms with E-state index >= 15 is 0 Å². The highest BCUT2D eigenvalue weighted by Gasteiger charge is 2.19. The summed E-state index contributed by atoms with van der Waals surface area (Å²) in [6.07, 6.45) is 68.1. The molecule has 0 radical (unpaired) electrons. The fourth-order valence-electron chi connectivity index (χ4n) is 8.39. The van der Waals surface area contributed by atoms with Crippen molar-refractivity contribution in [3.05, 3.63) is 48.6 Å². The second kappa shape index (κ2) is 56.0. The third-order valence-electron chi connectivity index (χ3n) is 12.8. The molecule has 0 fully saturated rings. The number of carbonyl (C=O) groups is 3. The average Bonchev–Trinajstić information content (AvgIpc) is 3.33. The van der Waals surface area contributed by atoms with Crippen LogP contribution in [-0.2, 0) is 28.6 Å². The van der Waals surface area contributed by atoms with Gasteiger partial charge in [0.25, 0.3) is 0 Å². The van der Waals surface area contributed by atoms with E-state index in [9.17, 15) is 14.4 Å². The van der Waals surface area contributed by atoms with Gasteiger partial charge in [-0.25, -0.2) is 0 Å². The van der Waals surface area contributed by atoms with Gasteiger partial charge < -0.3 is 14.2 Å². The Morgan fingerprint density at radius 2 is 0.537 bits per heavy atom. The van der Waals surface area contributed by atoms with Crippen LogP contribution in [0, 0.1) is 0 Å². The van der Waals surface area contributed by atoms with Crippen LogP contribution in [0.25, 0.3) is 0 Å². The largest absolute Gasteiger partial charge is 0.462 e. The number of rotatable bonds is 53. The molecule has 0 aromatic heterocycles. The molecule has 0 heterocycles. The molecule has 0 bridgehead atoms. The molecular formula is C61H110O6. The van der Waals surface area contributed by atoms with Crippen molar-refractivity contribution in [2.45, 2.75) is 309 Å². The van der Waals surface area contributed by atoms with E-state index in [1.165, 1.54) is 186 Å². The molecule has 0 spiro atoms. The summed E-state index contributed by atoms with van der Waals surface area (Å²) in [6, 6.07) is 0. The first-order valence-electron chi connectivity index (χ1n) is 29.1. The number of hydrogen-bond acceptors (Lipinski definition) is 6. The Kier molecular flexibility index (Phi) is 53.8. The summed E-state index contributed by atoms with van der Waals surface area (Å²) >= 11 is 0. The zero-order valence-corrected chi connectivity index (χ0v) is 44.7. The minimum atomic E-state index is -0.778. The van der Waals surface area contributed by atoms with Gasteiger partial charge in [-0.1, -0.05) is 249 Å². The fraction of sp³-hybridized carbons (Fsp3) is 0.820. The lowest BCUT2D eigenvalue weighted by Gasteiger charge is -2.18. The molecule has 67 heavy (non-hydrogen) atoms. The number of hydrogen-bond donors (Lipinski definition) is 0. The third kappa shape index (κ3) is 54.2. The molecule has 0 aliphatic heterocycles. The molecule has 0 amide bonds. The molecular weight excluding hydrogens is 829 g/mol. The monoisotopic (exact) mass is 939 g/mol. The lowest BCUT2D eigenvalue weighted by Crippen LogP contribution is -2.30. The highest BCUT2D eigenvalue weighted by molar-refractivity contribution is 5.71. The van der Waals surface area contributed by atoms with Crippen molar-refractivity contribution in [1.82, 2.24) is 0 Å². The van der Waals surface area contributed by atoms with E-state index in [4.69, 9.17) is 14.2 Å². The molecule has 0 rings (SSSR count). The maximum absolute atomic E-state index is 12.9. The van der Waals surface area contributed by atoms with E-state index in [-0.39, 0.29) is 31.1 Å². The second-order valence-electron chi connectivity index (χ2n) is 19.6. The van der Waals surface area contributed by atoms with E-state index in [0.29, 0.717) is 19.3 Å². The summed E-state index contributed by atoms with van der Waals surface area (Å²) in [5.74, 6) is -0.880. The summed E-state index contributed by atoms with van der Waals surface area (Å²) in [5, 5.41) is 0. The molecule has 0 saturated carbocycles. The van der Waals surface area contributed by atoms with Gasteiger partial charge in [-0.3, -0.25) is 14.4 Å². The summed E-state index contributed by atoms with van der Waals surface area (Å²) in [4.78, 5) is 38.1. The predicted molar refractivity (Wildman–Crippen MR) is 289 cm³/mol. The maximum Gasteiger partial charge on any atom is 0.306 e. The smallest absolute Gasteiger partial charge is 0.306 e. The Morgan fingerprint density at radius 1 is 0.299 bits per heavy atom. The highest BCUT2D eigenvalue weighted by atomic mass is 16.6. The lowest BCUT2D eigenvalue weighted by atomic mass is 10.0. The van der Waals surface area contributed by atoms with E-state index in [0.717, 1.165) is 77.0 Å². The molecule has 0 saturated heterocycles. The Morgan fingerprint density at radius 3 is 0.881 bits per heavy atom. The normalized spacial score (nSPS) is 12.3. The Bertz CT molecular complexity index is 1170. The van der Waals surface area contributed by atoms with E-state index in [2.05, 4.69) is 69.4 Å². The van der Waals surface area contributed by atoms with Crippen LogP contribution in [0.1, 0.15) is 303 Å². The van der Waals surface area contributed by atoms with Gasteiger partial charge in [-0.15, -0.1) is 0 Å². The van der Waals surface area contributed by atoms with E-state index in [1.54, 1.807) is 0 Å². The van der Waals surface area contributed by atoms with Gasteiger partial charge in [0.1, 0.15) is 13.2 Å². The molecule has 390 valence electrons. The van der Waals surface area contributed by atoms with Gasteiger partial charge in [0.15, 0.2) is 6.10 Å². The van der Waals surface area contributed by atoms with Crippen LogP contribution in [-0.4, -0.2) is 37.2 Å². The number of ether oxygens (including phenoxy) is 3. The van der Waals surface area contributed by atoms with E-state index < -0.39 is 6.10 Å². The Hall–Kier alpha value is -2.63. The third-order valence-corrected chi connectivity index (χ3v) is 12.8. The first-order valence-corrected chi connectivity index (χ1v) is 29.1. The van der Waals surface area contributed by atoms with Crippen LogP contribution >= 0.6 is 0 Å². The maximum atomic E-state index is 12.9. The zero-order chi connectivity index (χ0) is 48.6. The second-order valence-corrected chi connectivity index (χ2v) is 19.6. The van der Waals surface area contributed by atoms with Crippen molar-refractivity contribution in [1.29, 1.82) is 0 Å². The van der Waals surface area contributed by atoms with E-state index in [1.807, 2.05) is 0 Å². The zero-order valence-electron chi connectivity index (χ0n) is 44.7. The van der Waals surface area contributed by atoms with Gasteiger partial charge in [0.2, 0.25) is 0 Å². The number of allylic oxidation sites excluding steroid dienone is 8. The average molecular weight is 940 g/mol. The SMILES string of the molecule is CCCCC/C=C\C/C=C\C/C=C\CCCCCCCCC(=O)OCC(COC(=O)CCCCCCCCCCCCCC)OC(=O)CCCCCCCCC/C=C\CCCCCCCCC. The number of carbonyl (C=O) groups excluding carboxylic acids is 3. The Labute approximate surface area is 416 Å². The molecule has 1 unspecified atom stereocenters. The minimum Gasteiger partial charge on any atom is -0.462 e. The molecule has 0 aliphatic rings. The number of unbranched alkanes of at least 4 members (excludes halogenated alkanes) is 34. The van der Waals surface area contributed by atoms with Crippen molar-refractivity contribution in [3.8, 4) is 0 Å². The Balaban J connectivity index is 4.36. The minimum absolute atomic E-state index is 0.0762. The molecule has 6 nitrogen and oxygen atoms in total. The van der Waals surface area contributed by atoms with Crippen LogP contribution in [0.3, 0.4) is 0 Å². The molecule has 0 aromatic carbocycles. The highest BCUT2D eigenvalue weighted by Crippen LogP contribution is 2.16. The summed E-state index contributed by atoms with van der Waals surface area (Å²) in [5.41, 5.74) is 0. The van der Waals surface area contributed by atoms with Gasteiger partial charge in [0.05, 0.1) is 0 Å². The topological polar surface area (TPSA) is 78.9 Å². The van der Waals surface area contributed by atoms with Crippen LogP contribution in [0.5, 0.6) is 0 Å². The van der Waals surface area contributed by atoms with Crippen LogP contribution in [0.2, 0.25) is 0 Å². The van der Waals surface area contributed by atoms with Crippen LogP contribution in [0.15, 0.2) is 48.6 Å². The molecule has 1 atom stereocenters. The van der Waals surface area contributed by atoms with Crippen molar-refractivity contribution < 1.29 is 28.6 Å². The van der Waals surface area contributed by atoms with Crippen molar-refractivity contribution >= 4 is 17.9 Å².